The number of rotatable bonds is 2. The van der Waals surface area contributed by atoms with Gasteiger partial charge in [-0.1, -0.05) is 5.16 Å². The molecule has 0 radical (unpaired) electrons. The van der Waals surface area contributed by atoms with E-state index in [4.69, 9.17) is 0 Å². The first-order valence-corrected chi connectivity index (χ1v) is 4.76. The Morgan fingerprint density at radius 2 is 2.00 bits per heavy atom. The summed E-state index contributed by atoms with van der Waals surface area (Å²) in [5.41, 5.74) is 0.549. The van der Waals surface area contributed by atoms with E-state index in [-0.39, 0.29) is 0 Å². The molecule has 66 valence electrons. The maximum absolute atomic E-state index is 4.44. The van der Waals surface area contributed by atoms with Crippen molar-refractivity contribution in [2.45, 2.75) is 4.90 Å². The molecule has 0 spiro atoms. The van der Waals surface area contributed by atoms with Crippen LogP contribution in [0.25, 0.3) is 11.5 Å². The van der Waals surface area contributed by atoms with Crippen molar-refractivity contribution in [2.75, 3.05) is 6.26 Å². The van der Waals surface area contributed by atoms with Gasteiger partial charge in [-0.15, -0.1) is 11.8 Å². The lowest BCUT2D eigenvalue weighted by Crippen LogP contribution is -1.88. The van der Waals surface area contributed by atoms with E-state index < -0.39 is 0 Å². The second-order valence-corrected chi connectivity index (χ2v) is 3.12. The quantitative estimate of drug-likeness (QED) is 0.670. The van der Waals surface area contributed by atoms with Gasteiger partial charge in [-0.25, -0.2) is 14.6 Å². The monoisotopic (exact) mass is 194 g/mol. The zero-order chi connectivity index (χ0) is 9.10. The Morgan fingerprint density at radius 1 is 1.23 bits per heavy atom. The lowest BCUT2D eigenvalue weighted by Gasteiger charge is -1.94. The fourth-order valence-electron chi connectivity index (χ4n) is 0.817. The zero-order valence-electron chi connectivity index (χ0n) is 6.84. The molecule has 0 atom stereocenters. The van der Waals surface area contributed by atoms with Crippen LogP contribution in [0.15, 0.2) is 28.1 Å². The van der Waals surface area contributed by atoms with Gasteiger partial charge in [0.25, 0.3) is 0 Å². The lowest BCUT2D eigenvalue weighted by molar-refractivity contribution is 0.308. The van der Waals surface area contributed by atoms with Crippen molar-refractivity contribution in [3.05, 3.63) is 18.6 Å². The second kappa shape index (κ2) is 3.53. The number of nitrogens with zero attached hydrogens (tertiary/aromatic N) is 4. The van der Waals surface area contributed by atoms with Gasteiger partial charge in [0, 0.05) is 17.3 Å². The van der Waals surface area contributed by atoms with Crippen molar-refractivity contribution >= 4 is 11.8 Å². The molecule has 0 N–H and O–H groups in total. The van der Waals surface area contributed by atoms with E-state index in [1.165, 1.54) is 6.20 Å². The first-order valence-electron chi connectivity index (χ1n) is 3.54. The zero-order valence-corrected chi connectivity index (χ0v) is 7.65. The van der Waals surface area contributed by atoms with Crippen LogP contribution in [0.3, 0.4) is 0 Å². The first kappa shape index (κ1) is 8.18. The molecule has 0 fully saturated rings. The normalized spacial score (nSPS) is 10.2. The summed E-state index contributed by atoms with van der Waals surface area (Å²) in [5.74, 6) is 0.527. The molecule has 6 heteroatoms. The molecule has 2 aromatic heterocycles. The largest absolute Gasteiger partial charge is 0.244 e. The van der Waals surface area contributed by atoms with Gasteiger partial charge in [0.05, 0.1) is 0 Å². The van der Waals surface area contributed by atoms with Crippen LogP contribution in [0.2, 0.25) is 0 Å². The van der Waals surface area contributed by atoms with Crippen LogP contribution >= 0.6 is 11.8 Å². The highest BCUT2D eigenvalue weighted by Gasteiger charge is 2.04. The van der Waals surface area contributed by atoms with Crippen LogP contribution in [-0.2, 0) is 0 Å². The van der Waals surface area contributed by atoms with Crippen LogP contribution in [0, 0.1) is 0 Å². The summed E-state index contributed by atoms with van der Waals surface area (Å²) >= 11 is 1.59. The summed E-state index contributed by atoms with van der Waals surface area (Å²) in [7, 11) is 0. The van der Waals surface area contributed by atoms with Gasteiger partial charge in [-0.05, 0) is 11.4 Å². The predicted octanol–water partition coefficient (Wildman–Crippen LogP) is 1.25. The molecule has 13 heavy (non-hydrogen) atoms. The van der Waals surface area contributed by atoms with Gasteiger partial charge < -0.3 is 0 Å². The fraction of sp³-hybridized carbons (Fsp3) is 0.143. The summed E-state index contributed by atoms with van der Waals surface area (Å²) in [5, 5.41) is 7.09. The molecule has 0 aliphatic heterocycles. The second-order valence-electron chi connectivity index (χ2n) is 2.24. The fourth-order valence-corrected chi connectivity index (χ4v) is 1.13. The molecular formula is C7H6N4OS. The van der Waals surface area contributed by atoms with Crippen LogP contribution in [0.4, 0.5) is 0 Å². The molecule has 0 amide bonds. The van der Waals surface area contributed by atoms with Gasteiger partial charge in [0.1, 0.15) is 6.20 Å². The van der Waals surface area contributed by atoms with Crippen LogP contribution < -0.4 is 0 Å². The van der Waals surface area contributed by atoms with E-state index in [0.29, 0.717) is 11.5 Å². The Morgan fingerprint density at radius 3 is 2.54 bits per heavy atom. The van der Waals surface area contributed by atoms with Gasteiger partial charge in [0.15, 0.2) is 11.5 Å². The number of aromatic nitrogens is 4. The van der Waals surface area contributed by atoms with Crippen molar-refractivity contribution in [3.63, 3.8) is 0 Å². The number of hydrogen-bond donors (Lipinski definition) is 0. The molecule has 2 rings (SSSR count). The molecule has 0 bridgehead atoms. The molecule has 2 heterocycles. The van der Waals surface area contributed by atoms with Gasteiger partial charge >= 0.3 is 0 Å². The summed E-state index contributed by atoms with van der Waals surface area (Å²) in [6.45, 7) is 0. The van der Waals surface area contributed by atoms with Crippen LogP contribution in [0.5, 0.6) is 0 Å². The smallest absolute Gasteiger partial charge is 0.183 e. The molecule has 0 aliphatic rings. The van der Waals surface area contributed by atoms with Crippen molar-refractivity contribution in [2.24, 2.45) is 0 Å². The molecule has 0 unspecified atom stereocenters. The maximum atomic E-state index is 4.44. The van der Waals surface area contributed by atoms with Gasteiger partial charge in [-0.2, -0.15) is 0 Å². The first-order chi connectivity index (χ1) is 6.40. The Balaban J connectivity index is 2.33. The maximum Gasteiger partial charge on any atom is 0.183 e. The van der Waals surface area contributed by atoms with E-state index in [1.807, 2.05) is 6.26 Å². The van der Waals surface area contributed by atoms with E-state index >= 15 is 0 Å². The average Bonchev–Trinajstić information content (AvgIpc) is 2.71. The molecule has 0 aliphatic carbocycles. The van der Waals surface area contributed by atoms with E-state index in [9.17, 15) is 0 Å². The molecule has 0 aromatic carbocycles. The summed E-state index contributed by atoms with van der Waals surface area (Å²) in [4.78, 5) is 9.21. The molecule has 2 aromatic rings. The third-order valence-electron chi connectivity index (χ3n) is 1.45. The lowest BCUT2D eigenvalue weighted by atomic mass is 10.4. The Kier molecular flexibility index (Phi) is 2.22. The van der Waals surface area contributed by atoms with Crippen molar-refractivity contribution in [3.8, 4) is 11.5 Å². The summed E-state index contributed by atoms with van der Waals surface area (Å²) < 4.78 is 4.44. The molecule has 0 saturated carbocycles. The average molecular weight is 194 g/mol. The molecular weight excluding hydrogens is 188 g/mol. The van der Waals surface area contributed by atoms with E-state index in [2.05, 4.69) is 24.9 Å². The van der Waals surface area contributed by atoms with E-state index in [1.54, 1.807) is 24.2 Å². The summed E-state index contributed by atoms with van der Waals surface area (Å²) in [6, 6.07) is 0. The van der Waals surface area contributed by atoms with Crippen molar-refractivity contribution < 1.29 is 4.63 Å². The van der Waals surface area contributed by atoms with Gasteiger partial charge in [0.2, 0.25) is 0 Å². The van der Waals surface area contributed by atoms with E-state index in [0.717, 1.165) is 4.90 Å². The highest BCUT2D eigenvalue weighted by atomic mass is 32.2. The minimum Gasteiger partial charge on any atom is -0.244 e. The SMILES string of the molecule is CSc1cnc(-c2cnon2)nc1. The number of thioether (sulfide) groups is 1. The standard InChI is InChI=1S/C7H6N4OS/c1-13-5-2-8-7(9-3-5)6-4-10-12-11-6/h2-4H,1H3. The highest BCUT2D eigenvalue weighted by molar-refractivity contribution is 7.98. The third kappa shape index (κ3) is 1.67. The van der Waals surface area contributed by atoms with Crippen molar-refractivity contribution in [1.82, 2.24) is 20.3 Å². The summed E-state index contributed by atoms with van der Waals surface area (Å²) in [6.07, 6.45) is 6.92. The third-order valence-corrected chi connectivity index (χ3v) is 2.14. The minimum absolute atomic E-state index is 0.527. The Bertz CT molecular complexity index is 372. The molecule has 0 saturated heterocycles. The minimum atomic E-state index is 0.527. The van der Waals surface area contributed by atoms with Crippen LogP contribution in [-0.4, -0.2) is 26.5 Å². The van der Waals surface area contributed by atoms with Crippen LogP contribution in [0.1, 0.15) is 0 Å². The highest BCUT2D eigenvalue weighted by Crippen LogP contribution is 2.14. The number of hydrogen-bond acceptors (Lipinski definition) is 6. The predicted molar refractivity (Wildman–Crippen MR) is 47.1 cm³/mol. The van der Waals surface area contributed by atoms with Gasteiger partial charge in [-0.3, -0.25) is 0 Å². The topological polar surface area (TPSA) is 64.7 Å². The van der Waals surface area contributed by atoms with Crippen molar-refractivity contribution in [1.29, 1.82) is 0 Å². The molecule has 5 nitrogen and oxygen atoms in total. The Labute approximate surface area is 78.6 Å². The Hall–Kier alpha value is -1.43.